The number of rotatable bonds is 5. The molecule has 0 unspecified atom stereocenters. The number of thioether (sulfide) groups is 1. The Labute approximate surface area is 182 Å². The van der Waals surface area contributed by atoms with Crippen molar-refractivity contribution in [2.75, 3.05) is 6.54 Å². The van der Waals surface area contributed by atoms with Crippen LogP contribution in [0.1, 0.15) is 38.5 Å². The molecule has 0 spiro atoms. The highest BCUT2D eigenvalue weighted by Crippen LogP contribution is 2.30. The van der Waals surface area contributed by atoms with E-state index in [1.807, 2.05) is 26.0 Å². The quantitative estimate of drug-likeness (QED) is 0.424. The van der Waals surface area contributed by atoms with E-state index >= 15 is 0 Å². The van der Waals surface area contributed by atoms with Crippen molar-refractivity contribution in [1.82, 2.24) is 10.5 Å². The Morgan fingerprint density at radius 1 is 1.16 bits per heavy atom. The summed E-state index contributed by atoms with van der Waals surface area (Å²) in [5, 5.41) is 6.63. The van der Waals surface area contributed by atoms with Crippen LogP contribution in [0.15, 0.2) is 57.9 Å². The summed E-state index contributed by atoms with van der Waals surface area (Å²) >= 11 is 1.50. The van der Waals surface area contributed by atoms with E-state index in [1.165, 1.54) is 23.9 Å². The molecule has 0 aliphatic heterocycles. The summed E-state index contributed by atoms with van der Waals surface area (Å²) in [6, 6.07) is 11.9. The zero-order chi connectivity index (χ0) is 22.4. The highest BCUT2D eigenvalue weighted by atomic mass is 32.2. The number of aromatic nitrogens is 1. The monoisotopic (exact) mass is 444 g/mol. The van der Waals surface area contributed by atoms with Gasteiger partial charge in [-0.1, -0.05) is 35.2 Å². The average Bonchev–Trinajstić information content (AvgIpc) is 3.06. The van der Waals surface area contributed by atoms with Gasteiger partial charge in [-0.3, -0.25) is 4.79 Å². The summed E-state index contributed by atoms with van der Waals surface area (Å²) in [4.78, 5) is 13.4. The van der Waals surface area contributed by atoms with Gasteiger partial charge in [0.1, 0.15) is 5.76 Å². The fraction of sp³-hybridized carbons (Fsp3) is 0.217. The molecule has 1 heterocycles. The maximum Gasteiger partial charge on any atom is 0.416 e. The fourth-order valence-corrected chi connectivity index (χ4v) is 3.98. The van der Waals surface area contributed by atoms with Crippen LogP contribution in [0, 0.1) is 25.7 Å². The highest BCUT2D eigenvalue weighted by molar-refractivity contribution is 7.98. The second kappa shape index (κ2) is 9.75. The molecule has 2 aromatic carbocycles. The fourth-order valence-electron chi connectivity index (χ4n) is 2.78. The molecule has 31 heavy (non-hydrogen) atoms. The lowest BCUT2D eigenvalue weighted by molar-refractivity contribution is -0.137. The van der Waals surface area contributed by atoms with Crippen molar-refractivity contribution in [3.8, 4) is 11.8 Å². The predicted molar refractivity (Wildman–Crippen MR) is 113 cm³/mol. The number of hydrogen-bond donors (Lipinski definition) is 1. The molecule has 1 aromatic heterocycles. The van der Waals surface area contributed by atoms with Gasteiger partial charge in [0.15, 0.2) is 0 Å². The maximum atomic E-state index is 12.8. The van der Waals surface area contributed by atoms with Gasteiger partial charge < -0.3 is 9.84 Å². The minimum atomic E-state index is -4.42. The van der Waals surface area contributed by atoms with E-state index in [1.54, 1.807) is 12.1 Å². The number of carbonyl (C=O) groups excluding carboxylic acids is 1. The van der Waals surface area contributed by atoms with E-state index in [9.17, 15) is 18.0 Å². The molecule has 0 fully saturated rings. The molecule has 0 aliphatic carbocycles. The van der Waals surface area contributed by atoms with Crippen molar-refractivity contribution in [2.24, 2.45) is 0 Å². The van der Waals surface area contributed by atoms with E-state index in [0.717, 1.165) is 34.0 Å². The van der Waals surface area contributed by atoms with E-state index in [-0.39, 0.29) is 18.0 Å². The first-order valence-corrected chi connectivity index (χ1v) is 10.3. The third kappa shape index (κ3) is 5.92. The van der Waals surface area contributed by atoms with Gasteiger partial charge in [0.05, 0.1) is 23.4 Å². The molecule has 3 aromatic rings. The Hall–Kier alpha value is -3.18. The van der Waals surface area contributed by atoms with Gasteiger partial charge in [0.25, 0.3) is 5.91 Å². The number of benzene rings is 2. The largest absolute Gasteiger partial charge is 0.416 e. The van der Waals surface area contributed by atoms with Crippen LogP contribution in [0.3, 0.4) is 0 Å². The summed E-state index contributed by atoms with van der Waals surface area (Å²) in [6.07, 6.45) is -4.42. The van der Waals surface area contributed by atoms with Gasteiger partial charge in [0.2, 0.25) is 0 Å². The topological polar surface area (TPSA) is 55.1 Å². The number of aryl methyl sites for hydroxylation is 2. The molecule has 0 atom stereocenters. The third-order valence-corrected chi connectivity index (χ3v) is 5.54. The molecule has 160 valence electrons. The number of hydrogen-bond acceptors (Lipinski definition) is 4. The number of halogens is 3. The van der Waals surface area contributed by atoms with Crippen LogP contribution in [0.25, 0.3) is 0 Å². The predicted octanol–water partition coefficient (Wildman–Crippen LogP) is 5.38. The Balaban J connectivity index is 1.63. The summed E-state index contributed by atoms with van der Waals surface area (Å²) in [7, 11) is 0. The van der Waals surface area contributed by atoms with Gasteiger partial charge in [-0.15, -0.1) is 11.8 Å². The zero-order valence-electron chi connectivity index (χ0n) is 16.8. The van der Waals surface area contributed by atoms with Gasteiger partial charge in [0, 0.05) is 21.8 Å². The standard InChI is InChI=1S/C23H19F3N2O2S/c1-15-20(16(2)30-28-15)14-31-21-11-4-3-10-19(21)22(29)27-12-6-8-17-7-5-9-18(13-17)23(24,25)26/h3-5,7,9-11,13H,12,14H2,1-2H3,(H,27,29). The van der Waals surface area contributed by atoms with Crippen LogP contribution in [0.2, 0.25) is 0 Å². The van der Waals surface area contributed by atoms with Crippen molar-refractivity contribution in [1.29, 1.82) is 0 Å². The van der Waals surface area contributed by atoms with Crippen molar-refractivity contribution in [2.45, 2.75) is 30.7 Å². The molecule has 1 amide bonds. The minimum absolute atomic E-state index is 0.0119. The van der Waals surface area contributed by atoms with Crippen LogP contribution in [-0.4, -0.2) is 17.6 Å². The Kier molecular flexibility index (Phi) is 7.08. The van der Waals surface area contributed by atoms with Crippen molar-refractivity contribution < 1.29 is 22.5 Å². The molecular weight excluding hydrogens is 425 g/mol. The zero-order valence-corrected chi connectivity index (χ0v) is 17.7. The van der Waals surface area contributed by atoms with Gasteiger partial charge in [-0.05, 0) is 44.2 Å². The summed E-state index contributed by atoms with van der Waals surface area (Å²) in [5.41, 5.74) is 1.79. The van der Waals surface area contributed by atoms with Gasteiger partial charge in [-0.2, -0.15) is 13.2 Å². The lowest BCUT2D eigenvalue weighted by Crippen LogP contribution is -2.24. The second-order valence-corrected chi connectivity index (χ2v) is 7.67. The highest BCUT2D eigenvalue weighted by Gasteiger charge is 2.30. The Morgan fingerprint density at radius 2 is 1.94 bits per heavy atom. The minimum Gasteiger partial charge on any atom is -0.361 e. The van der Waals surface area contributed by atoms with Crippen molar-refractivity contribution in [3.63, 3.8) is 0 Å². The smallest absolute Gasteiger partial charge is 0.361 e. The van der Waals surface area contributed by atoms with Crippen LogP contribution in [0.5, 0.6) is 0 Å². The summed E-state index contributed by atoms with van der Waals surface area (Å²) in [6.45, 7) is 3.73. The number of carbonyl (C=O) groups is 1. The van der Waals surface area contributed by atoms with E-state index in [2.05, 4.69) is 22.3 Å². The number of nitrogens with zero attached hydrogens (tertiary/aromatic N) is 1. The number of amides is 1. The first kappa shape index (κ1) is 22.5. The molecule has 0 bridgehead atoms. The van der Waals surface area contributed by atoms with Crippen molar-refractivity contribution >= 4 is 17.7 Å². The molecule has 8 heteroatoms. The average molecular weight is 444 g/mol. The van der Waals surface area contributed by atoms with E-state index < -0.39 is 11.7 Å². The maximum absolute atomic E-state index is 12.8. The molecule has 1 N–H and O–H groups in total. The molecule has 3 rings (SSSR count). The number of alkyl halides is 3. The third-order valence-electron chi connectivity index (χ3n) is 4.44. The van der Waals surface area contributed by atoms with Crippen molar-refractivity contribution in [3.05, 3.63) is 82.2 Å². The first-order valence-electron chi connectivity index (χ1n) is 9.33. The normalized spacial score (nSPS) is 11.0. The molecular formula is C23H19F3N2O2S. The summed E-state index contributed by atoms with van der Waals surface area (Å²) in [5.74, 6) is 6.39. The van der Waals surface area contributed by atoms with Crippen LogP contribution < -0.4 is 5.32 Å². The SMILES string of the molecule is Cc1noc(C)c1CSc1ccccc1C(=O)NCC#Cc1cccc(C(F)(F)F)c1. The van der Waals surface area contributed by atoms with Gasteiger partial charge >= 0.3 is 6.18 Å². The lowest BCUT2D eigenvalue weighted by Gasteiger charge is -2.08. The van der Waals surface area contributed by atoms with Crippen LogP contribution in [-0.2, 0) is 11.9 Å². The molecule has 4 nitrogen and oxygen atoms in total. The van der Waals surface area contributed by atoms with E-state index in [0.29, 0.717) is 11.3 Å². The molecule has 0 aliphatic rings. The van der Waals surface area contributed by atoms with Gasteiger partial charge in [-0.25, -0.2) is 0 Å². The Morgan fingerprint density at radius 3 is 2.65 bits per heavy atom. The van der Waals surface area contributed by atoms with Crippen LogP contribution >= 0.6 is 11.8 Å². The first-order chi connectivity index (χ1) is 14.8. The molecule has 0 saturated carbocycles. The van der Waals surface area contributed by atoms with Crippen LogP contribution in [0.4, 0.5) is 13.2 Å². The Bertz CT molecular complexity index is 1120. The lowest BCUT2D eigenvalue weighted by atomic mass is 10.1. The summed E-state index contributed by atoms with van der Waals surface area (Å²) < 4.78 is 43.5. The molecule has 0 saturated heterocycles. The molecule has 0 radical (unpaired) electrons. The van der Waals surface area contributed by atoms with E-state index in [4.69, 9.17) is 4.52 Å². The second-order valence-electron chi connectivity index (χ2n) is 6.65. The number of nitrogens with one attached hydrogen (secondary N) is 1.